The lowest BCUT2D eigenvalue weighted by molar-refractivity contribution is 0.0690. The summed E-state index contributed by atoms with van der Waals surface area (Å²) in [7, 11) is 0. The summed E-state index contributed by atoms with van der Waals surface area (Å²) in [6.07, 6.45) is 0. The monoisotopic (exact) mass is 268 g/mol. The first-order valence-corrected chi connectivity index (χ1v) is 6.94. The van der Waals surface area contributed by atoms with Gasteiger partial charge in [0.25, 0.3) is 0 Å². The Morgan fingerprint density at radius 2 is 1.94 bits per heavy atom. The maximum absolute atomic E-state index is 10.9. The number of nitrogens with zero attached hydrogens (tertiary/aromatic N) is 1. The number of carboxylic acid groups (broad SMARTS) is 1. The fraction of sp³-hybridized carbons (Fsp3) is 0.692. The Kier molecular flexibility index (Phi) is 2.93. The standard InChI is InChI=1S/C13H20N2O2S/c1-7-9(10(16)17)15-11(18-7)14-6-8-12(2,3)13(8,4)5/h8H,6H2,1-5H3,(H,14,15)(H,16,17). The van der Waals surface area contributed by atoms with Gasteiger partial charge in [0.15, 0.2) is 10.8 Å². The van der Waals surface area contributed by atoms with Crippen molar-refractivity contribution in [1.82, 2.24) is 4.98 Å². The molecule has 1 aliphatic carbocycles. The van der Waals surface area contributed by atoms with Crippen molar-refractivity contribution < 1.29 is 9.90 Å². The highest BCUT2D eigenvalue weighted by molar-refractivity contribution is 7.15. The Bertz CT molecular complexity index is 477. The van der Waals surface area contributed by atoms with Crippen LogP contribution in [0, 0.1) is 23.7 Å². The summed E-state index contributed by atoms with van der Waals surface area (Å²) < 4.78 is 0. The van der Waals surface area contributed by atoms with Crippen LogP contribution in [-0.4, -0.2) is 22.6 Å². The molecule has 0 bridgehead atoms. The number of hydrogen-bond acceptors (Lipinski definition) is 4. The van der Waals surface area contributed by atoms with Crippen LogP contribution in [0.25, 0.3) is 0 Å². The number of carbonyl (C=O) groups is 1. The van der Waals surface area contributed by atoms with E-state index in [9.17, 15) is 4.79 Å². The summed E-state index contributed by atoms with van der Waals surface area (Å²) in [5, 5.41) is 12.9. The van der Waals surface area contributed by atoms with Gasteiger partial charge in [-0.3, -0.25) is 0 Å². The van der Waals surface area contributed by atoms with E-state index in [4.69, 9.17) is 5.11 Å². The van der Waals surface area contributed by atoms with Crippen LogP contribution in [0.2, 0.25) is 0 Å². The van der Waals surface area contributed by atoms with Crippen molar-refractivity contribution in [3.8, 4) is 0 Å². The van der Waals surface area contributed by atoms with E-state index in [1.54, 1.807) is 6.92 Å². The second-order valence-electron chi connectivity index (χ2n) is 6.11. The van der Waals surface area contributed by atoms with Crippen LogP contribution in [-0.2, 0) is 0 Å². The summed E-state index contributed by atoms with van der Waals surface area (Å²) in [5.74, 6) is -0.355. The first-order valence-electron chi connectivity index (χ1n) is 6.12. The molecule has 1 aromatic rings. The van der Waals surface area contributed by atoms with Crippen molar-refractivity contribution in [1.29, 1.82) is 0 Å². The summed E-state index contributed by atoms with van der Waals surface area (Å²) >= 11 is 1.41. The smallest absolute Gasteiger partial charge is 0.355 e. The van der Waals surface area contributed by atoms with E-state index in [-0.39, 0.29) is 5.69 Å². The van der Waals surface area contributed by atoms with Crippen LogP contribution in [0.4, 0.5) is 5.13 Å². The topological polar surface area (TPSA) is 62.2 Å². The van der Waals surface area contributed by atoms with Gasteiger partial charge in [0.1, 0.15) is 0 Å². The maximum Gasteiger partial charge on any atom is 0.355 e. The van der Waals surface area contributed by atoms with Gasteiger partial charge in [-0.25, -0.2) is 9.78 Å². The Morgan fingerprint density at radius 1 is 1.39 bits per heavy atom. The fourth-order valence-corrected chi connectivity index (χ4v) is 3.52. The second-order valence-corrected chi connectivity index (χ2v) is 7.31. The molecule has 1 heterocycles. The van der Waals surface area contributed by atoms with E-state index in [0.717, 1.165) is 11.4 Å². The molecule has 0 saturated heterocycles. The number of anilines is 1. The average molecular weight is 268 g/mol. The third kappa shape index (κ3) is 1.90. The van der Waals surface area contributed by atoms with E-state index >= 15 is 0 Å². The Morgan fingerprint density at radius 3 is 2.33 bits per heavy atom. The highest BCUT2D eigenvalue weighted by Gasteiger charge is 2.64. The zero-order valence-electron chi connectivity index (χ0n) is 11.5. The van der Waals surface area contributed by atoms with Crippen LogP contribution in [0.1, 0.15) is 43.1 Å². The summed E-state index contributed by atoms with van der Waals surface area (Å²) in [6, 6.07) is 0. The molecule has 2 rings (SSSR count). The van der Waals surface area contributed by atoms with Gasteiger partial charge >= 0.3 is 5.97 Å². The lowest BCUT2D eigenvalue weighted by atomic mass is 10.0. The molecule has 1 fully saturated rings. The molecule has 0 aromatic carbocycles. The number of thiazole rings is 1. The third-order valence-electron chi connectivity index (χ3n) is 4.78. The second kappa shape index (κ2) is 3.95. The molecule has 0 aliphatic heterocycles. The van der Waals surface area contributed by atoms with Crippen LogP contribution >= 0.6 is 11.3 Å². The Balaban J connectivity index is 2.01. The first kappa shape index (κ1) is 13.3. The van der Waals surface area contributed by atoms with Gasteiger partial charge in [0, 0.05) is 11.4 Å². The van der Waals surface area contributed by atoms with E-state index in [2.05, 4.69) is 38.0 Å². The molecule has 0 spiro atoms. The predicted octanol–water partition coefficient (Wildman–Crippen LogP) is 3.24. The molecule has 0 amide bonds. The van der Waals surface area contributed by atoms with Crippen LogP contribution < -0.4 is 5.32 Å². The zero-order valence-corrected chi connectivity index (χ0v) is 12.3. The number of aromatic carboxylic acids is 1. The largest absolute Gasteiger partial charge is 0.476 e. The molecular weight excluding hydrogens is 248 g/mol. The van der Waals surface area contributed by atoms with Gasteiger partial charge in [0.05, 0.1) is 0 Å². The van der Waals surface area contributed by atoms with E-state index in [1.807, 2.05) is 0 Å². The molecule has 18 heavy (non-hydrogen) atoms. The molecule has 0 atom stereocenters. The van der Waals surface area contributed by atoms with Gasteiger partial charge in [-0.1, -0.05) is 27.7 Å². The van der Waals surface area contributed by atoms with E-state index in [0.29, 0.717) is 21.9 Å². The van der Waals surface area contributed by atoms with Gasteiger partial charge in [-0.15, -0.1) is 11.3 Å². The van der Waals surface area contributed by atoms with Crippen molar-refractivity contribution >= 4 is 22.4 Å². The van der Waals surface area contributed by atoms with Gasteiger partial charge < -0.3 is 10.4 Å². The van der Waals surface area contributed by atoms with Crippen molar-refractivity contribution in [3.05, 3.63) is 10.6 Å². The van der Waals surface area contributed by atoms with Crippen molar-refractivity contribution in [2.24, 2.45) is 16.7 Å². The summed E-state index contributed by atoms with van der Waals surface area (Å²) in [4.78, 5) is 15.8. The maximum atomic E-state index is 10.9. The number of aromatic nitrogens is 1. The quantitative estimate of drug-likeness (QED) is 0.880. The highest BCUT2D eigenvalue weighted by Crippen LogP contribution is 2.68. The molecule has 1 saturated carbocycles. The average Bonchev–Trinajstić information content (AvgIpc) is 2.56. The van der Waals surface area contributed by atoms with Crippen molar-refractivity contribution in [2.45, 2.75) is 34.6 Å². The Labute approximate surface area is 111 Å². The fourth-order valence-electron chi connectivity index (χ4n) is 2.70. The molecule has 1 aromatic heterocycles. The lowest BCUT2D eigenvalue weighted by Gasteiger charge is -2.04. The molecule has 100 valence electrons. The van der Waals surface area contributed by atoms with Gasteiger partial charge in [-0.05, 0) is 23.7 Å². The van der Waals surface area contributed by atoms with Crippen molar-refractivity contribution in [3.63, 3.8) is 0 Å². The minimum atomic E-state index is -0.955. The van der Waals surface area contributed by atoms with Crippen LogP contribution in [0.15, 0.2) is 0 Å². The summed E-state index contributed by atoms with van der Waals surface area (Å²) in [6.45, 7) is 11.7. The Hall–Kier alpha value is -1.10. The number of hydrogen-bond donors (Lipinski definition) is 2. The van der Waals surface area contributed by atoms with Gasteiger partial charge in [-0.2, -0.15) is 0 Å². The molecule has 0 radical (unpaired) electrons. The molecule has 1 aliphatic rings. The predicted molar refractivity (Wildman–Crippen MR) is 73.4 cm³/mol. The van der Waals surface area contributed by atoms with Gasteiger partial charge in [0.2, 0.25) is 0 Å². The SMILES string of the molecule is Cc1sc(NCC2C(C)(C)C2(C)C)nc1C(=O)O. The number of carboxylic acids is 1. The molecular formula is C13H20N2O2S. The zero-order chi connectivity index (χ0) is 13.7. The molecule has 4 nitrogen and oxygen atoms in total. The normalized spacial score (nSPS) is 20.7. The van der Waals surface area contributed by atoms with E-state index < -0.39 is 5.97 Å². The van der Waals surface area contributed by atoms with Crippen LogP contribution in [0.5, 0.6) is 0 Å². The summed E-state index contributed by atoms with van der Waals surface area (Å²) in [5.41, 5.74) is 0.834. The molecule has 5 heteroatoms. The third-order valence-corrected chi connectivity index (χ3v) is 5.70. The number of nitrogens with one attached hydrogen (secondary N) is 1. The minimum Gasteiger partial charge on any atom is -0.476 e. The number of aryl methyl sites for hydroxylation is 1. The van der Waals surface area contributed by atoms with Crippen molar-refractivity contribution in [2.75, 3.05) is 11.9 Å². The highest BCUT2D eigenvalue weighted by atomic mass is 32.1. The molecule has 2 N–H and O–H groups in total. The lowest BCUT2D eigenvalue weighted by Crippen LogP contribution is -2.08. The number of rotatable bonds is 4. The van der Waals surface area contributed by atoms with Crippen LogP contribution in [0.3, 0.4) is 0 Å². The minimum absolute atomic E-state index is 0.164. The van der Waals surface area contributed by atoms with E-state index in [1.165, 1.54) is 11.3 Å². The molecule has 0 unspecified atom stereocenters. The first-order chi connectivity index (χ1) is 8.18.